The largest absolute Gasteiger partial charge is 0.543 e. The molecule has 0 aliphatic heterocycles. The van der Waals surface area contributed by atoms with Crippen molar-refractivity contribution in [1.29, 1.82) is 0 Å². The molecule has 1 rings (SSSR count). The number of ether oxygens (including phenoxy) is 1. The predicted octanol–water partition coefficient (Wildman–Crippen LogP) is 3.65. The third kappa shape index (κ3) is 6.27. The first-order valence-electron chi connectivity index (χ1n) is 6.84. The topological polar surface area (TPSA) is 71.1 Å². The first-order valence-corrected chi connectivity index (χ1v) is 6.84. The van der Waals surface area contributed by atoms with Crippen LogP contribution in [0.15, 0.2) is 18.2 Å². The summed E-state index contributed by atoms with van der Waals surface area (Å²) in [4.78, 5) is 31.2. The molecule has 0 saturated heterocycles. The van der Waals surface area contributed by atoms with E-state index in [1.54, 1.807) is 18.2 Å². The summed E-state index contributed by atoms with van der Waals surface area (Å²) in [6, 6.07) is 5.04. The molecule has 1 aromatic rings. The normalized spacial score (nSPS) is 10.0. The van der Waals surface area contributed by atoms with Gasteiger partial charge >= 0.3 is 12.1 Å². The van der Waals surface area contributed by atoms with E-state index >= 15 is 0 Å². The standard InChI is InChI=1S/C15H20O6/c1-4-5-6-9-18-15(17)20-21-19-14(16)13-8-7-11(2)12(3)10-13/h7-8,10H,4-6,9H2,1-3H3. The highest BCUT2D eigenvalue weighted by molar-refractivity contribution is 5.89. The highest BCUT2D eigenvalue weighted by atomic mass is 17.5. The Balaban J connectivity index is 2.26. The van der Waals surface area contributed by atoms with Crippen molar-refractivity contribution in [2.45, 2.75) is 40.0 Å². The number of carbonyl (C=O) groups excluding carboxylic acids is 2. The van der Waals surface area contributed by atoms with Gasteiger partial charge in [-0.2, -0.15) is 0 Å². The smallest absolute Gasteiger partial charge is 0.432 e. The van der Waals surface area contributed by atoms with E-state index in [9.17, 15) is 9.59 Å². The fraction of sp³-hybridized carbons (Fsp3) is 0.467. The van der Waals surface area contributed by atoms with E-state index in [4.69, 9.17) is 0 Å². The van der Waals surface area contributed by atoms with E-state index in [1.807, 2.05) is 20.8 Å². The molecule has 0 aliphatic rings. The van der Waals surface area contributed by atoms with Gasteiger partial charge in [0.05, 0.1) is 17.2 Å². The first-order chi connectivity index (χ1) is 10.0. The van der Waals surface area contributed by atoms with Crippen LogP contribution < -0.4 is 0 Å². The van der Waals surface area contributed by atoms with Gasteiger partial charge in [0.2, 0.25) is 0 Å². The van der Waals surface area contributed by atoms with Crippen LogP contribution in [0.3, 0.4) is 0 Å². The van der Waals surface area contributed by atoms with Crippen LogP contribution in [0.25, 0.3) is 0 Å². The van der Waals surface area contributed by atoms with Crippen molar-refractivity contribution in [3.8, 4) is 0 Å². The Labute approximate surface area is 123 Å². The van der Waals surface area contributed by atoms with Gasteiger partial charge in [0.1, 0.15) is 0 Å². The van der Waals surface area contributed by atoms with Gasteiger partial charge in [-0.05, 0) is 43.5 Å². The molecule has 0 unspecified atom stereocenters. The van der Waals surface area contributed by atoms with Crippen molar-refractivity contribution >= 4 is 12.1 Å². The van der Waals surface area contributed by atoms with Gasteiger partial charge < -0.3 is 4.74 Å². The number of hydrogen-bond donors (Lipinski definition) is 0. The van der Waals surface area contributed by atoms with Crippen molar-refractivity contribution in [3.63, 3.8) is 0 Å². The van der Waals surface area contributed by atoms with Crippen LogP contribution >= 0.6 is 0 Å². The third-order valence-corrected chi connectivity index (χ3v) is 2.92. The predicted molar refractivity (Wildman–Crippen MR) is 74.4 cm³/mol. The van der Waals surface area contributed by atoms with E-state index in [0.717, 1.165) is 30.4 Å². The number of rotatable bonds is 7. The van der Waals surface area contributed by atoms with Crippen LogP contribution in [-0.2, 0) is 19.6 Å². The number of carbonyl (C=O) groups is 2. The van der Waals surface area contributed by atoms with Crippen LogP contribution in [0.4, 0.5) is 4.79 Å². The molecule has 0 heterocycles. The van der Waals surface area contributed by atoms with E-state index in [2.05, 4.69) is 19.6 Å². The van der Waals surface area contributed by atoms with Crippen molar-refractivity contribution in [2.24, 2.45) is 0 Å². The van der Waals surface area contributed by atoms with Gasteiger partial charge in [0.25, 0.3) is 0 Å². The Kier molecular flexibility index (Phi) is 7.25. The lowest BCUT2D eigenvalue weighted by Gasteiger charge is -2.05. The van der Waals surface area contributed by atoms with Gasteiger partial charge in [-0.3, -0.25) is 4.89 Å². The average Bonchev–Trinajstić information content (AvgIpc) is 2.46. The van der Waals surface area contributed by atoms with Crippen molar-refractivity contribution < 1.29 is 29.1 Å². The minimum Gasteiger partial charge on any atom is -0.432 e. The first kappa shape index (κ1) is 17.0. The minimum absolute atomic E-state index is 0.237. The second kappa shape index (κ2) is 8.97. The Morgan fingerprint density at radius 1 is 1.05 bits per heavy atom. The van der Waals surface area contributed by atoms with E-state index < -0.39 is 12.1 Å². The van der Waals surface area contributed by atoms with Gasteiger partial charge in [-0.15, -0.1) is 0 Å². The Bertz CT molecular complexity index is 483. The molecule has 0 bridgehead atoms. The van der Waals surface area contributed by atoms with Crippen LogP contribution in [0.5, 0.6) is 0 Å². The molecular weight excluding hydrogens is 276 g/mol. The second-order valence-electron chi connectivity index (χ2n) is 4.63. The lowest BCUT2D eigenvalue weighted by Crippen LogP contribution is -2.12. The van der Waals surface area contributed by atoms with Crippen LogP contribution in [0.2, 0.25) is 0 Å². The number of hydrogen-bond acceptors (Lipinski definition) is 6. The summed E-state index contributed by atoms with van der Waals surface area (Å²) >= 11 is 0. The molecule has 0 aromatic heterocycles. The molecule has 116 valence electrons. The molecule has 0 spiro atoms. The summed E-state index contributed by atoms with van der Waals surface area (Å²) in [5.41, 5.74) is 2.30. The van der Waals surface area contributed by atoms with Crippen molar-refractivity contribution in [1.82, 2.24) is 0 Å². The number of benzene rings is 1. The number of unbranched alkanes of at least 4 members (excludes halogenated alkanes) is 2. The van der Waals surface area contributed by atoms with E-state index in [0.29, 0.717) is 5.56 Å². The molecule has 0 N–H and O–H groups in total. The Morgan fingerprint density at radius 3 is 2.48 bits per heavy atom. The van der Waals surface area contributed by atoms with Crippen molar-refractivity contribution in [2.75, 3.05) is 6.61 Å². The van der Waals surface area contributed by atoms with Crippen molar-refractivity contribution in [3.05, 3.63) is 34.9 Å². The molecule has 0 radical (unpaired) electrons. The van der Waals surface area contributed by atoms with Gasteiger partial charge in [-0.1, -0.05) is 25.8 Å². The second-order valence-corrected chi connectivity index (χ2v) is 4.63. The van der Waals surface area contributed by atoms with E-state index in [-0.39, 0.29) is 6.61 Å². The summed E-state index contributed by atoms with van der Waals surface area (Å²) in [6.45, 7) is 6.07. The molecular formula is C15H20O6. The molecule has 0 saturated carbocycles. The SMILES string of the molecule is CCCCCOC(=O)OOOC(=O)c1ccc(C)c(C)c1. The highest BCUT2D eigenvalue weighted by Gasteiger charge is 2.12. The molecule has 0 aliphatic carbocycles. The van der Waals surface area contributed by atoms with Crippen LogP contribution in [0.1, 0.15) is 47.7 Å². The molecule has 0 amide bonds. The van der Waals surface area contributed by atoms with E-state index in [1.165, 1.54) is 0 Å². The molecule has 21 heavy (non-hydrogen) atoms. The number of aryl methyl sites for hydroxylation is 2. The summed E-state index contributed by atoms with van der Waals surface area (Å²) in [6.07, 6.45) is 1.67. The lowest BCUT2D eigenvalue weighted by molar-refractivity contribution is -0.452. The minimum atomic E-state index is -1.04. The monoisotopic (exact) mass is 296 g/mol. The summed E-state index contributed by atoms with van der Waals surface area (Å²) in [5.74, 6) is -0.753. The zero-order valence-corrected chi connectivity index (χ0v) is 12.5. The summed E-state index contributed by atoms with van der Waals surface area (Å²) in [7, 11) is 0. The molecule has 1 aromatic carbocycles. The Morgan fingerprint density at radius 2 is 1.81 bits per heavy atom. The summed E-state index contributed by atoms with van der Waals surface area (Å²) < 4.78 is 4.69. The maximum atomic E-state index is 11.6. The fourth-order valence-electron chi connectivity index (χ4n) is 1.52. The average molecular weight is 296 g/mol. The van der Waals surface area contributed by atoms with Gasteiger partial charge in [0.15, 0.2) is 0 Å². The van der Waals surface area contributed by atoms with Gasteiger partial charge in [-0.25, -0.2) is 14.5 Å². The molecule has 6 heteroatoms. The quantitative estimate of drug-likeness (QED) is 0.331. The Hall–Kier alpha value is -2.08. The zero-order chi connectivity index (χ0) is 15.7. The third-order valence-electron chi connectivity index (χ3n) is 2.92. The van der Waals surface area contributed by atoms with Gasteiger partial charge in [0, 0.05) is 0 Å². The maximum absolute atomic E-state index is 11.6. The fourth-order valence-corrected chi connectivity index (χ4v) is 1.52. The molecule has 0 fully saturated rings. The zero-order valence-electron chi connectivity index (χ0n) is 12.5. The lowest BCUT2D eigenvalue weighted by atomic mass is 10.1. The maximum Gasteiger partial charge on any atom is 0.543 e. The molecule has 6 nitrogen and oxygen atoms in total. The summed E-state index contributed by atoms with van der Waals surface area (Å²) in [5, 5.41) is 4.11. The van der Waals surface area contributed by atoms with Crippen LogP contribution in [-0.4, -0.2) is 18.7 Å². The molecule has 0 atom stereocenters. The van der Waals surface area contributed by atoms with Crippen LogP contribution in [0, 0.1) is 13.8 Å². The highest BCUT2D eigenvalue weighted by Crippen LogP contribution is 2.11.